The molecule has 0 aromatic rings. The molecule has 0 rings (SSSR count). The lowest BCUT2D eigenvalue weighted by Crippen LogP contribution is -2.09. The van der Waals surface area contributed by atoms with E-state index in [9.17, 15) is 0 Å². The van der Waals surface area contributed by atoms with E-state index < -0.39 is 6.10 Å². The van der Waals surface area contributed by atoms with E-state index in [-0.39, 0.29) is 6.61 Å². The topological polar surface area (TPSA) is 40.5 Å². The zero-order chi connectivity index (χ0) is 9.94. The molecule has 0 aliphatic carbocycles. The van der Waals surface area contributed by atoms with Crippen molar-refractivity contribution in [3.8, 4) is 0 Å². The molecule has 0 bridgehead atoms. The molecular weight excluding hydrogens is 164 g/mol. The van der Waals surface area contributed by atoms with Gasteiger partial charge in [-0.3, -0.25) is 0 Å². The number of hydrogen-bond acceptors (Lipinski definition) is 2. The maximum absolute atomic E-state index is 9.00. The summed E-state index contributed by atoms with van der Waals surface area (Å²) in [5.74, 6) is 0. The lowest BCUT2D eigenvalue weighted by Gasteiger charge is -2.00. The number of unbranched alkanes of at least 4 members (excludes halogenated alkanes) is 4. The number of aliphatic hydroxyl groups is 2. The normalized spacial score (nSPS) is 13.8. The minimum Gasteiger partial charge on any atom is -0.394 e. The Morgan fingerprint density at radius 2 is 1.92 bits per heavy atom. The van der Waals surface area contributed by atoms with Crippen LogP contribution in [0.4, 0.5) is 0 Å². The Labute approximate surface area is 81.3 Å². The maximum atomic E-state index is 9.00. The van der Waals surface area contributed by atoms with Gasteiger partial charge in [-0.2, -0.15) is 0 Å². The first-order chi connectivity index (χ1) is 6.31. The summed E-state index contributed by atoms with van der Waals surface area (Å²) in [5, 5.41) is 17.5. The smallest absolute Gasteiger partial charge is 0.0805 e. The van der Waals surface area contributed by atoms with Crippen LogP contribution in [0, 0.1) is 0 Å². The molecule has 1 unspecified atom stereocenters. The van der Waals surface area contributed by atoms with Crippen LogP contribution in [0.5, 0.6) is 0 Å². The summed E-state index contributed by atoms with van der Waals surface area (Å²) in [6, 6.07) is 0. The first-order valence-electron chi connectivity index (χ1n) is 5.25. The predicted molar refractivity (Wildman–Crippen MR) is 55.6 cm³/mol. The van der Waals surface area contributed by atoms with E-state index in [0.717, 1.165) is 6.42 Å². The fourth-order valence-corrected chi connectivity index (χ4v) is 1.13. The number of hydrogen-bond donors (Lipinski definition) is 2. The summed E-state index contributed by atoms with van der Waals surface area (Å²) < 4.78 is 0. The molecule has 0 aromatic carbocycles. The van der Waals surface area contributed by atoms with Crippen molar-refractivity contribution in [2.45, 2.75) is 51.6 Å². The maximum Gasteiger partial charge on any atom is 0.0805 e. The molecule has 2 nitrogen and oxygen atoms in total. The molecule has 0 saturated heterocycles. The van der Waals surface area contributed by atoms with Crippen molar-refractivity contribution < 1.29 is 10.2 Å². The van der Waals surface area contributed by atoms with Gasteiger partial charge < -0.3 is 10.2 Å². The highest BCUT2D eigenvalue weighted by atomic mass is 16.3. The van der Waals surface area contributed by atoms with Gasteiger partial charge >= 0.3 is 0 Å². The van der Waals surface area contributed by atoms with Crippen molar-refractivity contribution in [2.75, 3.05) is 6.61 Å². The number of aliphatic hydroxyl groups excluding tert-OH is 2. The van der Waals surface area contributed by atoms with Gasteiger partial charge in [-0.05, 0) is 19.3 Å². The molecule has 0 radical (unpaired) electrons. The van der Waals surface area contributed by atoms with Crippen LogP contribution in [0.3, 0.4) is 0 Å². The predicted octanol–water partition coefficient (Wildman–Crippen LogP) is 2.26. The molecule has 0 heterocycles. The van der Waals surface area contributed by atoms with E-state index in [0.29, 0.717) is 6.42 Å². The molecular formula is C11H22O2. The minimum absolute atomic E-state index is 0.139. The second kappa shape index (κ2) is 9.75. The number of rotatable bonds is 8. The highest BCUT2D eigenvalue weighted by Crippen LogP contribution is 2.03. The van der Waals surface area contributed by atoms with E-state index in [1.165, 1.54) is 25.7 Å². The van der Waals surface area contributed by atoms with Crippen molar-refractivity contribution in [3.05, 3.63) is 12.2 Å². The molecule has 0 spiro atoms. The summed E-state index contributed by atoms with van der Waals surface area (Å²) in [7, 11) is 0. The van der Waals surface area contributed by atoms with Gasteiger partial charge in [-0.1, -0.05) is 38.3 Å². The van der Waals surface area contributed by atoms with Crippen LogP contribution in [-0.2, 0) is 0 Å². The molecule has 0 fully saturated rings. The highest BCUT2D eigenvalue weighted by Gasteiger charge is 1.95. The summed E-state index contributed by atoms with van der Waals surface area (Å²) in [6.45, 7) is 2.06. The van der Waals surface area contributed by atoms with Gasteiger partial charge in [0, 0.05) is 0 Å². The fraction of sp³-hybridized carbons (Fsp3) is 0.818. The lowest BCUT2D eigenvalue weighted by atomic mass is 10.1. The third-order valence-electron chi connectivity index (χ3n) is 2.01. The van der Waals surface area contributed by atoms with Gasteiger partial charge in [-0.25, -0.2) is 0 Å². The van der Waals surface area contributed by atoms with E-state index >= 15 is 0 Å². The highest BCUT2D eigenvalue weighted by molar-refractivity contribution is 4.83. The van der Waals surface area contributed by atoms with Crippen LogP contribution in [0.2, 0.25) is 0 Å². The van der Waals surface area contributed by atoms with Crippen LogP contribution in [0.1, 0.15) is 45.4 Å². The monoisotopic (exact) mass is 186 g/mol. The summed E-state index contributed by atoms with van der Waals surface area (Å²) >= 11 is 0. The Kier molecular flexibility index (Phi) is 9.49. The average molecular weight is 186 g/mol. The Bertz CT molecular complexity index is 121. The van der Waals surface area contributed by atoms with Crippen molar-refractivity contribution in [1.29, 1.82) is 0 Å². The first-order valence-corrected chi connectivity index (χ1v) is 5.25. The second-order valence-electron chi connectivity index (χ2n) is 3.39. The largest absolute Gasteiger partial charge is 0.394 e. The van der Waals surface area contributed by atoms with Crippen LogP contribution >= 0.6 is 0 Å². The zero-order valence-corrected chi connectivity index (χ0v) is 8.58. The van der Waals surface area contributed by atoms with Crippen LogP contribution in [0.15, 0.2) is 12.2 Å². The van der Waals surface area contributed by atoms with E-state index in [2.05, 4.69) is 13.0 Å². The van der Waals surface area contributed by atoms with Crippen LogP contribution in [0.25, 0.3) is 0 Å². The third kappa shape index (κ3) is 9.57. The summed E-state index contributed by atoms with van der Waals surface area (Å²) in [4.78, 5) is 0. The Morgan fingerprint density at radius 3 is 2.54 bits per heavy atom. The van der Waals surface area contributed by atoms with Gasteiger partial charge in [0.15, 0.2) is 0 Å². The molecule has 78 valence electrons. The van der Waals surface area contributed by atoms with E-state index in [1.54, 1.807) is 0 Å². The van der Waals surface area contributed by atoms with Crippen molar-refractivity contribution in [1.82, 2.24) is 0 Å². The third-order valence-corrected chi connectivity index (χ3v) is 2.01. The van der Waals surface area contributed by atoms with Crippen molar-refractivity contribution >= 4 is 0 Å². The van der Waals surface area contributed by atoms with Gasteiger partial charge in [0.05, 0.1) is 12.7 Å². The van der Waals surface area contributed by atoms with Crippen LogP contribution < -0.4 is 0 Å². The molecule has 2 heteroatoms. The lowest BCUT2D eigenvalue weighted by molar-refractivity contribution is 0.0975. The molecule has 0 saturated carbocycles. The zero-order valence-electron chi connectivity index (χ0n) is 8.58. The standard InChI is InChI=1S/C11H22O2/c1-2-3-4-5-6-7-8-9-11(13)10-12/h7-8,11-13H,2-6,9-10H2,1H3/b8-7+. The summed E-state index contributed by atoms with van der Waals surface area (Å²) in [5.41, 5.74) is 0. The molecule has 0 amide bonds. The SMILES string of the molecule is CCCCCC/C=C/CC(O)CO. The average Bonchev–Trinajstić information content (AvgIpc) is 2.16. The molecule has 0 aromatic heterocycles. The summed E-state index contributed by atoms with van der Waals surface area (Å²) in [6.07, 6.45) is 10.2. The molecule has 1 atom stereocenters. The van der Waals surface area contributed by atoms with Crippen molar-refractivity contribution in [3.63, 3.8) is 0 Å². The minimum atomic E-state index is -0.577. The van der Waals surface area contributed by atoms with Gasteiger partial charge in [0.1, 0.15) is 0 Å². The van der Waals surface area contributed by atoms with Crippen LogP contribution in [-0.4, -0.2) is 22.9 Å². The molecule has 0 aliphatic rings. The Hall–Kier alpha value is -0.340. The Balaban J connectivity index is 3.12. The second-order valence-corrected chi connectivity index (χ2v) is 3.39. The van der Waals surface area contributed by atoms with Gasteiger partial charge in [0.25, 0.3) is 0 Å². The first kappa shape index (κ1) is 12.7. The molecule has 2 N–H and O–H groups in total. The molecule has 0 aliphatic heterocycles. The Morgan fingerprint density at radius 1 is 1.15 bits per heavy atom. The number of allylic oxidation sites excluding steroid dienone is 1. The van der Waals surface area contributed by atoms with E-state index in [1.807, 2.05) is 6.08 Å². The molecule has 13 heavy (non-hydrogen) atoms. The van der Waals surface area contributed by atoms with Crippen molar-refractivity contribution in [2.24, 2.45) is 0 Å². The van der Waals surface area contributed by atoms with Gasteiger partial charge in [0.2, 0.25) is 0 Å². The van der Waals surface area contributed by atoms with Gasteiger partial charge in [-0.15, -0.1) is 0 Å². The van der Waals surface area contributed by atoms with E-state index in [4.69, 9.17) is 10.2 Å². The quantitative estimate of drug-likeness (QED) is 0.451. The fourth-order valence-electron chi connectivity index (χ4n) is 1.13.